The minimum absolute atomic E-state index is 0.0605. The highest BCUT2D eigenvalue weighted by atomic mass is 19.1. The Morgan fingerprint density at radius 2 is 1.85 bits per heavy atom. The fourth-order valence-electron chi connectivity index (χ4n) is 5.18. The van der Waals surface area contributed by atoms with E-state index in [1.54, 1.807) is 50.4 Å². The van der Waals surface area contributed by atoms with Crippen LogP contribution in [0, 0.1) is 5.82 Å². The largest absolute Gasteiger partial charge is 0.497 e. The van der Waals surface area contributed by atoms with Crippen LogP contribution in [0.1, 0.15) is 42.7 Å². The lowest BCUT2D eigenvalue weighted by atomic mass is 9.94. The third kappa shape index (κ3) is 6.06. The van der Waals surface area contributed by atoms with E-state index in [9.17, 15) is 18.8 Å². The van der Waals surface area contributed by atoms with Crippen molar-refractivity contribution < 1.29 is 28.2 Å². The van der Waals surface area contributed by atoms with E-state index in [-0.39, 0.29) is 30.2 Å². The first-order chi connectivity index (χ1) is 18.8. The van der Waals surface area contributed by atoms with Gasteiger partial charge in [-0.3, -0.25) is 14.6 Å². The summed E-state index contributed by atoms with van der Waals surface area (Å²) in [6.45, 7) is 7.92. The Morgan fingerprint density at radius 1 is 1.10 bits per heavy atom. The lowest BCUT2D eigenvalue weighted by molar-refractivity contribution is -0.139. The van der Waals surface area contributed by atoms with Gasteiger partial charge in [0, 0.05) is 50.0 Å². The average molecular weight is 539 g/mol. The van der Waals surface area contributed by atoms with E-state index in [0.29, 0.717) is 55.3 Å². The molecule has 2 aromatic rings. The second-order valence-electron chi connectivity index (χ2n) is 9.57. The molecule has 2 heterocycles. The summed E-state index contributed by atoms with van der Waals surface area (Å²) in [6.07, 6.45) is 0. The quantitative estimate of drug-likeness (QED) is 0.517. The number of rotatable bonds is 8. The minimum Gasteiger partial charge on any atom is -0.497 e. The number of halogens is 1. The van der Waals surface area contributed by atoms with E-state index < -0.39 is 17.8 Å². The number of hydrogen-bond donors (Lipinski definition) is 1. The van der Waals surface area contributed by atoms with Gasteiger partial charge in [0.2, 0.25) is 0 Å². The zero-order chi connectivity index (χ0) is 28.1. The average Bonchev–Trinajstić information content (AvgIpc) is 2.93. The van der Waals surface area contributed by atoms with Crippen LogP contribution in [0.25, 0.3) is 0 Å². The highest BCUT2D eigenvalue weighted by Gasteiger charge is 2.39. The van der Waals surface area contributed by atoms with Crippen molar-refractivity contribution in [3.05, 3.63) is 76.7 Å². The Labute approximate surface area is 228 Å². The molecule has 2 aliphatic heterocycles. The third-order valence-corrected chi connectivity index (χ3v) is 7.11. The van der Waals surface area contributed by atoms with Gasteiger partial charge in [0.15, 0.2) is 0 Å². The molecule has 2 atom stereocenters. The van der Waals surface area contributed by atoms with Gasteiger partial charge in [0.05, 0.1) is 25.3 Å². The molecule has 0 unspecified atom stereocenters. The van der Waals surface area contributed by atoms with Crippen molar-refractivity contribution in [2.45, 2.75) is 32.9 Å². The smallest absolute Gasteiger partial charge is 0.338 e. The molecule has 208 valence electrons. The molecule has 2 aliphatic rings. The number of piperazine rings is 1. The molecule has 0 saturated carbocycles. The monoisotopic (exact) mass is 538 g/mol. The van der Waals surface area contributed by atoms with Crippen LogP contribution in [-0.2, 0) is 9.53 Å². The van der Waals surface area contributed by atoms with Gasteiger partial charge < -0.3 is 19.7 Å². The standard InChI is InChI=1S/C29H35FN4O5/c1-5-33-24(25(28(36)39-6-2)26(31-29(33)37)21-8-7-9-22(30)16-21)18-32-14-15-34(19(3)17-32)27(35)20-10-12-23(38-4)13-11-20/h7-13,16,19,26H,5-6,14-15,17-18H2,1-4H3,(H,31,37)/t19-,26-/m0/s1. The first-order valence-electron chi connectivity index (χ1n) is 13.2. The number of methoxy groups -OCH3 is 1. The molecule has 10 heteroatoms. The van der Waals surface area contributed by atoms with Crippen molar-refractivity contribution in [1.29, 1.82) is 0 Å². The zero-order valence-electron chi connectivity index (χ0n) is 22.8. The van der Waals surface area contributed by atoms with Crippen LogP contribution in [0.3, 0.4) is 0 Å². The summed E-state index contributed by atoms with van der Waals surface area (Å²) in [5.41, 5.74) is 1.86. The molecular formula is C29H35FN4O5. The van der Waals surface area contributed by atoms with Gasteiger partial charge in [-0.2, -0.15) is 0 Å². The molecular weight excluding hydrogens is 503 g/mol. The molecule has 1 fully saturated rings. The first kappa shape index (κ1) is 28.1. The maximum absolute atomic E-state index is 14.1. The number of esters is 1. The van der Waals surface area contributed by atoms with Crippen molar-refractivity contribution in [2.24, 2.45) is 0 Å². The summed E-state index contributed by atoms with van der Waals surface area (Å²) in [4.78, 5) is 45.1. The third-order valence-electron chi connectivity index (χ3n) is 7.11. The molecule has 0 radical (unpaired) electrons. The summed E-state index contributed by atoms with van der Waals surface area (Å²) in [7, 11) is 1.58. The Kier molecular flexibility index (Phi) is 8.86. The summed E-state index contributed by atoms with van der Waals surface area (Å²) in [6, 6.07) is 11.6. The molecule has 0 bridgehead atoms. The normalized spacial score (nSPS) is 20.1. The van der Waals surface area contributed by atoms with Crippen LogP contribution in [0.5, 0.6) is 5.75 Å². The van der Waals surface area contributed by atoms with Gasteiger partial charge >= 0.3 is 12.0 Å². The Bertz CT molecular complexity index is 1250. The van der Waals surface area contributed by atoms with Gasteiger partial charge in [0.1, 0.15) is 11.6 Å². The summed E-state index contributed by atoms with van der Waals surface area (Å²) in [5, 5.41) is 2.86. The van der Waals surface area contributed by atoms with Gasteiger partial charge in [0.25, 0.3) is 5.91 Å². The number of ether oxygens (including phenoxy) is 2. The van der Waals surface area contributed by atoms with Gasteiger partial charge in [-0.1, -0.05) is 12.1 Å². The van der Waals surface area contributed by atoms with Crippen molar-refractivity contribution in [1.82, 2.24) is 20.0 Å². The number of nitrogens with one attached hydrogen (secondary N) is 1. The number of amides is 3. The van der Waals surface area contributed by atoms with Crippen molar-refractivity contribution >= 4 is 17.9 Å². The molecule has 0 aromatic heterocycles. The van der Waals surface area contributed by atoms with Crippen LogP contribution in [0.4, 0.5) is 9.18 Å². The fourth-order valence-corrected chi connectivity index (χ4v) is 5.18. The number of carbonyl (C=O) groups excluding carboxylic acids is 3. The van der Waals surface area contributed by atoms with E-state index in [0.717, 1.165) is 0 Å². The number of hydrogen-bond acceptors (Lipinski definition) is 6. The maximum atomic E-state index is 14.1. The topological polar surface area (TPSA) is 91.4 Å². The summed E-state index contributed by atoms with van der Waals surface area (Å²) < 4.78 is 24.7. The zero-order valence-corrected chi connectivity index (χ0v) is 22.8. The molecule has 2 aromatic carbocycles. The number of urea groups is 1. The molecule has 0 aliphatic carbocycles. The highest BCUT2D eigenvalue weighted by molar-refractivity contribution is 5.95. The highest BCUT2D eigenvalue weighted by Crippen LogP contribution is 2.33. The van der Waals surface area contributed by atoms with E-state index in [1.807, 2.05) is 18.7 Å². The van der Waals surface area contributed by atoms with E-state index in [4.69, 9.17) is 9.47 Å². The maximum Gasteiger partial charge on any atom is 0.338 e. The van der Waals surface area contributed by atoms with Crippen molar-refractivity contribution in [3.8, 4) is 5.75 Å². The molecule has 1 N–H and O–H groups in total. The Balaban J connectivity index is 1.61. The number of likely N-dealkylation sites (N-methyl/N-ethyl adjacent to an activating group) is 1. The summed E-state index contributed by atoms with van der Waals surface area (Å²) >= 11 is 0. The Hall–Kier alpha value is -3.92. The second kappa shape index (κ2) is 12.3. The Morgan fingerprint density at radius 3 is 2.46 bits per heavy atom. The predicted octanol–water partition coefficient (Wildman–Crippen LogP) is 3.58. The molecule has 0 spiro atoms. The van der Waals surface area contributed by atoms with Crippen LogP contribution in [0.15, 0.2) is 59.8 Å². The lowest BCUT2D eigenvalue weighted by Gasteiger charge is -2.43. The first-order valence-corrected chi connectivity index (χ1v) is 13.2. The fraction of sp³-hybridized carbons (Fsp3) is 0.414. The molecule has 1 saturated heterocycles. The van der Waals surface area contributed by atoms with Crippen LogP contribution in [-0.4, -0.2) is 85.1 Å². The van der Waals surface area contributed by atoms with Crippen molar-refractivity contribution in [3.63, 3.8) is 0 Å². The van der Waals surface area contributed by atoms with Gasteiger partial charge in [-0.05, 0) is 62.7 Å². The van der Waals surface area contributed by atoms with Crippen LogP contribution < -0.4 is 10.1 Å². The molecule has 3 amide bonds. The SMILES string of the molecule is CCOC(=O)C1=C(CN2CCN(C(=O)c3ccc(OC)cc3)[C@@H](C)C2)N(CC)C(=O)N[C@H]1c1cccc(F)c1. The van der Waals surface area contributed by atoms with Gasteiger partial charge in [-0.15, -0.1) is 0 Å². The van der Waals surface area contributed by atoms with Crippen molar-refractivity contribution in [2.75, 3.05) is 46.4 Å². The molecule has 4 rings (SSSR count). The minimum atomic E-state index is -0.847. The second-order valence-corrected chi connectivity index (χ2v) is 9.57. The van der Waals surface area contributed by atoms with E-state index in [1.165, 1.54) is 17.0 Å². The van der Waals surface area contributed by atoms with Crippen LogP contribution in [0.2, 0.25) is 0 Å². The van der Waals surface area contributed by atoms with Gasteiger partial charge in [-0.25, -0.2) is 14.0 Å². The lowest BCUT2D eigenvalue weighted by Crippen LogP contribution is -2.56. The predicted molar refractivity (Wildman–Crippen MR) is 144 cm³/mol. The van der Waals surface area contributed by atoms with Crippen LogP contribution >= 0.6 is 0 Å². The summed E-state index contributed by atoms with van der Waals surface area (Å²) in [5.74, 6) is -0.393. The number of nitrogens with zero attached hydrogens (tertiary/aromatic N) is 3. The molecule has 39 heavy (non-hydrogen) atoms. The van der Waals surface area contributed by atoms with E-state index >= 15 is 0 Å². The number of carbonyl (C=O) groups is 3. The molecule has 9 nitrogen and oxygen atoms in total. The number of benzene rings is 2. The van der Waals surface area contributed by atoms with E-state index in [2.05, 4.69) is 10.2 Å².